The molecule has 2 bridgehead atoms. The predicted molar refractivity (Wildman–Crippen MR) is 110 cm³/mol. The average Bonchev–Trinajstić information content (AvgIpc) is 3.25. The maximum atomic E-state index is 12.2. The Morgan fingerprint density at radius 3 is 2.61 bits per heavy atom. The number of carbonyl (C=O) groups excluding carboxylic acids is 1. The van der Waals surface area contributed by atoms with Gasteiger partial charge in [-0.25, -0.2) is 4.98 Å². The summed E-state index contributed by atoms with van der Waals surface area (Å²) >= 11 is 1.73. The first-order valence-electron chi connectivity index (χ1n) is 9.86. The first-order valence-corrected chi connectivity index (χ1v) is 10.7. The number of hydrogen-bond acceptors (Lipinski definition) is 6. The highest BCUT2D eigenvalue weighted by Crippen LogP contribution is 2.32. The number of piperidine rings is 2. The third-order valence-corrected chi connectivity index (χ3v) is 6.39. The van der Waals surface area contributed by atoms with Crippen LogP contribution < -0.4 is 10.2 Å². The molecular formula is C21H25N5OS. The van der Waals surface area contributed by atoms with Crippen molar-refractivity contribution in [2.24, 2.45) is 11.8 Å². The van der Waals surface area contributed by atoms with Crippen molar-refractivity contribution < 1.29 is 4.79 Å². The minimum Gasteiger partial charge on any atom is -0.352 e. The molecule has 2 atom stereocenters. The Hall–Kier alpha value is -2.43. The minimum atomic E-state index is -0.0703. The Morgan fingerprint density at radius 1 is 1.21 bits per heavy atom. The summed E-state index contributed by atoms with van der Waals surface area (Å²) in [5.74, 6) is 1.35. The SMILES string of the molecule is N#Cc1ccc(C(=O)NCCCN2CC3CC(C2)CN(c2nccs2)C3)cc1. The summed E-state index contributed by atoms with van der Waals surface area (Å²) in [4.78, 5) is 21.7. The number of amides is 1. The van der Waals surface area contributed by atoms with Crippen molar-refractivity contribution >= 4 is 22.4 Å². The number of nitrogens with one attached hydrogen (secondary N) is 1. The maximum Gasteiger partial charge on any atom is 0.251 e. The molecule has 1 N–H and O–H groups in total. The van der Waals surface area contributed by atoms with Gasteiger partial charge < -0.3 is 15.1 Å². The number of thiazole rings is 1. The number of nitriles is 1. The predicted octanol–water partition coefficient (Wildman–Crippen LogP) is 2.59. The maximum absolute atomic E-state index is 12.2. The third kappa shape index (κ3) is 4.51. The van der Waals surface area contributed by atoms with Crippen LogP contribution in [0.5, 0.6) is 0 Å². The molecule has 3 heterocycles. The van der Waals surface area contributed by atoms with E-state index in [0.29, 0.717) is 29.5 Å². The van der Waals surface area contributed by atoms with Crippen molar-refractivity contribution in [2.75, 3.05) is 44.2 Å². The van der Waals surface area contributed by atoms with Crippen LogP contribution in [-0.4, -0.2) is 55.1 Å². The van der Waals surface area contributed by atoms with Gasteiger partial charge in [-0.05, 0) is 55.5 Å². The number of aromatic nitrogens is 1. The van der Waals surface area contributed by atoms with Gasteiger partial charge in [0, 0.05) is 49.9 Å². The van der Waals surface area contributed by atoms with Crippen molar-refractivity contribution in [3.8, 4) is 6.07 Å². The highest BCUT2D eigenvalue weighted by atomic mass is 32.1. The number of benzene rings is 1. The van der Waals surface area contributed by atoms with Gasteiger partial charge in [0.2, 0.25) is 0 Å². The number of rotatable bonds is 6. The zero-order chi connectivity index (χ0) is 19.3. The normalized spacial score (nSPS) is 21.9. The van der Waals surface area contributed by atoms with E-state index < -0.39 is 0 Å². The Bertz CT molecular complexity index is 815. The Kier molecular flexibility index (Phi) is 5.89. The molecule has 2 aliphatic heterocycles. The minimum absolute atomic E-state index is 0.0703. The molecule has 7 heteroatoms. The summed E-state index contributed by atoms with van der Waals surface area (Å²) in [6, 6.07) is 8.82. The van der Waals surface area contributed by atoms with E-state index in [1.165, 1.54) is 6.42 Å². The summed E-state index contributed by atoms with van der Waals surface area (Å²) in [5.41, 5.74) is 1.18. The van der Waals surface area contributed by atoms with Crippen LogP contribution in [0, 0.1) is 23.2 Å². The second kappa shape index (κ2) is 8.72. The second-order valence-electron chi connectivity index (χ2n) is 7.75. The molecule has 1 aromatic heterocycles. The Morgan fingerprint density at radius 2 is 1.96 bits per heavy atom. The van der Waals surface area contributed by atoms with Crippen LogP contribution in [0.15, 0.2) is 35.8 Å². The van der Waals surface area contributed by atoms with Gasteiger partial charge in [-0.15, -0.1) is 11.3 Å². The van der Waals surface area contributed by atoms with Crippen LogP contribution in [0.1, 0.15) is 28.8 Å². The Labute approximate surface area is 169 Å². The Balaban J connectivity index is 1.19. The fourth-order valence-electron chi connectivity index (χ4n) is 4.40. The molecule has 1 amide bonds. The van der Waals surface area contributed by atoms with E-state index >= 15 is 0 Å². The van der Waals surface area contributed by atoms with Gasteiger partial charge in [0.15, 0.2) is 5.13 Å². The lowest BCUT2D eigenvalue weighted by molar-refractivity contribution is 0.0937. The van der Waals surface area contributed by atoms with Crippen molar-refractivity contribution in [2.45, 2.75) is 12.8 Å². The summed E-state index contributed by atoms with van der Waals surface area (Å²) in [6.45, 7) is 6.20. The summed E-state index contributed by atoms with van der Waals surface area (Å²) in [6.07, 6.45) is 4.17. The van der Waals surface area contributed by atoms with Crippen LogP contribution in [0.4, 0.5) is 5.13 Å². The zero-order valence-corrected chi connectivity index (χ0v) is 16.7. The zero-order valence-electron chi connectivity index (χ0n) is 15.9. The molecule has 6 nitrogen and oxygen atoms in total. The van der Waals surface area contributed by atoms with Gasteiger partial charge in [-0.1, -0.05) is 0 Å². The lowest BCUT2D eigenvalue weighted by Gasteiger charge is -2.45. The highest BCUT2D eigenvalue weighted by Gasteiger charge is 2.34. The molecule has 1 aromatic carbocycles. The van der Waals surface area contributed by atoms with Crippen molar-refractivity contribution in [1.29, 1.82) is 5.26 Å². The van der Waals surface area contributed by atoms with E-state index in [4.69, 9.17) is 5.26 Å². The van der Waals surface area contributed by atoms with Crippen LogP contribution >= 0.6 is 11.3 Å². The van der Waals surface area contributed by atoms with Gasteiger partial charge in [-0.2, -0.15) is 5.26 Å². The van der Waals surface area contributed by atoms with Gasteiger partial charge in [-0.3, -0.25) is 4.79 Å². The number of likely N-dealkylation sites (tertiary alicyclic amines) is 1. The molecule has 4 rings (SSSR count). The summed E-state index contributed by atoms with van der Waals surface area (Å²) in [5, 5.41) is 15.0. The number of fused-ring (bicyclic) bond motifs is 2. The molecule has 2 saturated heterocycles. The van der Waals surface area contributed by atoms with E-state index in [1.54, 1.807) is 35.6 Å². The molecule has 2 aromatic rings. The fourth-order valence-corrected chi connectivity index (χ4v) is 5.06. The van der Waals surface area contributed by atoms with Crippen molar-refractivity contribution in [1.82, 2.24) is 15.2 Å². The summed E-state index contributed by atoms with van der Waals surface area (Å²) in [7, 11) is 0. The fraction of sp³-hybridized carbons (Fsp3) is 0.476. The monoisotopic (exact) mass is 395 g/mol. The molecule has 2 fully saturated rings. The highest BCUT2D eigenvalue weighted by molar-refractivity contribution is 7.13. The molecule has 0 spiro atoms. The molecule has 28 heavy (non-hydrogen) atoms. The molecule has 0 saturated carbocycles. The lowest BCUT2D eigenvalue weighted by atomic mass is 9.85. The molecule has 146 valence electrons. The molecule has 0 aliphatic carbocycles. The van der Waals surface area contributed by atoms with Gasteiger partial charge in [0.05, 0.1) is 11.6 Å². The smallest absolute Gasteiger partial charge is 0.251 e. The first-order chi connectivity index (χ1) is 13.7. The second-order valence-corrected chi connectivity index (χ2v) is 8.62. The van der Waals surface area contributed by atoms with Gasteiger partial charge in [0.25, 0.3) is 5.91 Å². The number of carbonyl (C=O) groups is 1. The van der Waals surface area contributed by atoms with E-state index in [1.807, 2.05) is 6.20 Å². The van der Waals surface area contributed by atoms with E-state index in [9.17, 15) is 4.79 Å². The number of nitrogens with zero attached hydrogens (tertiary/aromatic N) is 4. The first kappa shape index (κ1) is 18.9. The lowest BCUT2D eigenvalue weighted by Crippen LogP contribution is -2.53. The molecule has 0 radical (unpaired) electrons. The average molecular weight is 396 g/mol. The molecule has 2 unspecified atom stereocenters. The van der Waals surface area contributed by atoms with Crippen LogP contribution in [0.2, 0.25) is 0 Å². The number of hydrogen-bond donors (Lipinski definition) is 1. The van der Waals surface area contributed by atoms with Crippen molar-refractivity contribution in [3.63, 3.8) is 0 Å². The van der Waals surface area contributed by atoms with E-state index in [0.717, 1.165) is 44.3 Å². The summed E-state index contributed by atoms with van der Waals surface area (Å²) < 4.78 is 0. The standard InChI is InChI=1S/C21H25N5OS/c22-11-16-2-4-19(5-3-16)20(27)23-6-1-8-25-12-17-10-18(13-25)15-26(14-17)21-24-7-9-28-21/h2-5,7,9,17-18H,1,6,8,10,12-15H2,(H,23,27). The van der Waals surface area contributed by atoms with Crippen LogP contribution in [-0.2, 0) is 0 Å². The molecular weight excluding hydrogens is 370 g/mol. The third-order valence-electron chi connectivity index (χ3n) is 5.56. The molecule has 2 aliphatic rings. The van der Waals surface area contributed by atoms with Gasteiger partial charge in [0.1, 0.15) is 0 Å². The van der Waals surface area contributed by atoms with Crippen molar-refractivity contribution in [3.05, 3.63) is 47.0 Å². The van der Waals surface area contributed by atoms with E-state index in [-0.39, 0.29) is 5.91 Å². The topological polar surface area (TPSA) is 72.3 Å². The van der Waals surface area contributed by atoms with Crippen LogP contribution in [0.25, 0.3) is 0 Å². The van der Waals surface area contributed by atoms with Crippen LogP contribution in [0.3, 0.4) is 0 Å². The van der Waals surface area contributed by atoms with E-state index in [2.05, 4.69) is 31.5 Å². The largest absolute Gasteiger partial charge is 0.352 e. The number of anilines is 1. The quantitative estimate of drug-likeness (QED) is 0.761. The van der Waals surface area contributed by atoms with Gasteiger partial charge >= 0.3 is 0 Å².